The summed E-state index contributed by atoms with van der Waals surface area (Å²) in [6.07, 6.45) is 0. The summed E-state index contributed by atoms with van der Waals surface area (Å²) in [5, 5.41) is 0. The molecule has 0 bridgehead atoms. The Balaban J connectivity index is 3.16. The highest BCUT2D eigenvalue weighted by Gasteiger charge is 2.20. The van der Waals surface area contributed by atoms with Crippen LogP contribution in [0.5, 0.6) is 5.75 Å². The molecular weight excluding hydrogens is 224 g/mol. The van der Waals surface area contributed by atoms with E-state index in [1.54, 1.807) is 7.11 Å². The molecule has 96 valence electrons. The van der Waals surface area contributed by atoms with E-state index in [1.807, 2.05) is 0 Å². The maximum Gasteiger partial charge on any atom is 0.121 e. The van der Waals surface area contributed by atoms with Crippen LogP contribution in [0.1, 0.15) is 31.9 Å². The van der Waals surface area contributed by atoms with Crippen LogP contribution in [0.3, 0.4) is 0 Å². The van der Waals surface area contributed by atoms with Gasteiger partial charge >= 0.3 is 0 Å². The SMILES string of the molecule is COc1ccc(C(C)(C)C)cc1C[Si](C)(C)C. The average Bonchev–Trinajstić information content (AvgIpc) is 2.13. The Morgan fingerprint density at radius 1 is 1.12 bits per heavy atom. The monoisotopic (exact) mass is 250 g/mol. The van der Waals surface area contributed by atoms with Crippen molar-refractivity contribution in [3.8, 4) is 5.75 Å². The lowest BCUT2D eigenvalue weighted by atomic mass is 9.86. The molecule has 0 atom stereocenters. The normalized spacial score (nSPS) is 12.6. The molecule has 0 spiro atoms. The molecule has 1 nitrogen and oxygen atoms in total. The highest BCUT2D eigenvalue weighted by atomic mass is 28.3. The van der Waals surface area contributed by atoms with Crippen LogP contribution in [0.4, 0.5) is 0 Å². The molecule has 1 rings (SSSR count). The van der Waals surface area contributed by atoms with Gasteiger partial charge in [-0.2, -0.15) is 0 Å². The van der Waals surface area contributed by atoms with Gasteiger partial charge in [0.2, 0.25) is 0 Å². The van der Waals surface area contributed by atoms with Crippen molar-refractivity contribution < 1.29 is 4.74 Å². The van der Waals surface area contributed by atoms with E-state index in [0.717, 1.165) is 5.75 Å². The van der Waals surface area contributed by atoms with Crippen molar-refractivity contribution in [3.05, 3.63) is 29.3 Å². The Morgan fingerprint density at radius 2 is 1.71 bits per heavy atom. The number of rotatable bonds is 3. The van der Waals surface area contributed by atoms with E-state index in [-0.39, 0.29) is 5.41 Å². The van der Waals surface area contributed by atoms with Crippen LogP contribution < -0.4 is 4.74 Å². The molecule has 0 fully saturated rings. The minimum absolute atomic E-state index is 0.209. The second-order valence-electron chi connectivity index (χ2n) is 7.01. The molecule has 0 aliphatic heterocycles. The van der Waals surface area contributed by atoms with Crippen molar-refractivity contribution in [2.24, 2.45) is 0 Å². The molecule has 0 unspecified atom stereocenters. The van der Waals surface area contributed by atoms with Gasteiger partial charge in [0, 0.05) is 8.07 Å². The van der Waals surface area contributed by atoms with Crippen LogP contribution in [0.25, 0.3) is 0 Å². The summed E-state index contributed by atoms with van der Waals surface area (Å²) in [6.45, 7) is 14.0. The van der Waals surface area contributed by atoms with Crippen LogP contribution in [0.2, 0.25) is 19.6 Å². The van der Waals surface area contributed by atoms with Gasteiger partial charge < -0.3 is 4.74 Å². The smallest absolute Gasteiger partial charge is 0.121 e. The molecule has 2 heteroatoms. The van der Waals surface area contributed by atoms with Crippen LogP contribution in [-0.2, 0) is 11.5 Å². The third-order valence-corrected chi connectivity index (χ3v) is 4.31. The van der Waals surface area contributed by atoms with E-state index in [4.69, 9.17) is 4.74 Å². The lowest BCUT2D eigenvalue weighted by Gasteiger charge is -2.23. The summed E-state index contributed by atoms with van der Waals surface area (Å²) in [7, 11) is 0.656. The molecule has 0 saturated carbocycles. The second-order valence-corrected chi connectivity index (χ2v) is 12.5. The first-order valence-corrected chi connectivity index (χ1v) is 10.0. The fraction of sp³-hybridized carbons (Fsp3) is 0.600. The zero-order chi connectivity index (χ0) is 13.3. The summed E-state index contributed by atoms with van der Waals surface area (Å²) >= 11 is 0. The molecule has 0 aromatic heterocycles. The second kappa shape index (κ2) is 4.85. The van der Waals surface area contributed by atoms with Gasteiger partial charge in [0.15, 0.2) is 0 Å². The Labute approximate surface area is 107 Å². The Kier molecular flexibility index (Phi) is 4.08. The first kappa shape index (κ1) is 14.3. The van der Waals surface area contributed by atoms with Crippen molar-refractivity contribution in [1.82, 2.24) is 0 Å². The Bertz CT molecular complexity index is 383. The first-order chi connectivity index (χ1) is 7.63. The summed E-state index contributed by atoms with van der Waals surface area (Å²) in [6, 6.07) is 7.82. The van der Waals surface area contributed by atoms with Gasteiger partial charge in [0.25, 0.3) is 0 Å². The summed E-state index contributed by atoms with van der Waals surface area (Å²) in [5.74, 6) is 1.04. The average molecular weight is 250 g/mol. The van der Waals surface area contributed by atoms with E-state index in [9.17, 15) is 0 Å². The Morgan fingerprint density at radius 3 is 2.12 bits per heavy atom. The summed E-state index contributed by atoms with van der Waals surface area (Å²) < 4.78 is 5.48. The topological polar surface area (TPSA) is 9.23 Å². The quantitative estimate of drug-likeness (QED) is 0.722. The summed E-state index contributed by atoms with van der Waals surface area (Å²) in [4.78, 5) is 0. The molecule has 17 heavy (non-hydrogen) atoms. The molecule has 1 aromatic rings. The third kappa shape index (κ3) is 4.19. The zero-order valence-corrected chi connectivity index (χ0v) is 13.3. The first-order valence-electron chi connectivity index (χ1n) is 6.31. The predicted molar refractivity (Wildman–Crippen MR) is 78.7 cm³/mol. The number of hydrogen-bond acceptors (Lipinski definition) is 1. The third-order valence-electron chi connectivity index (χ3n) is 2.87. The highest BCUT2D eigenvalue weighted by molar-refractivity contribution is 6.75. The zero-order valence-electron chi connectivity index (χ0n) is 12.3. The maximum atomic E-state index is 5.48. The lowest BCUT2D eigenvalue weighted by molar-refractivity contribution is 0.410. The van der Waals surface area contributed by atoms with E-state index < -0.39 is 8.07 Å². The van der Waals surface area contributed by atoms with Gasteiger partial charge in [-0.3, -0.25) is 0 Å². The molecule has 0 N–H and O–H groups in total. The van der Waals surface area contributed by atoms with E-state index in [2.05, 4.69) is 58.6 Å². The molecular formula is C15H26OSi. The van der Waals surface area contributed by atoms with Gasteiger partial charge in [0.1, 0.15) is 5.75 Å². The van der Waals surface area contributed by atoms with E-state index in [0.29, 0.717) is 0 Å². The molecule has 0 aliphatic rings. The standard InChI is InChI=1S/C15H26OSi/c1-15(2,3)13-8-9-14(16-4)12(10-13)11-17(5,6)7/h8-10H,11H2,1-7H3. The van der Waals surface area contributed by atoms with E-state index in [1.165, 1.54) is 17.2 Å². The number of benzene rings is 1. The minimum Gasteiger partial charge on any atom is -0.496 e. The molecule has 1 aromatic carbocycles. The number of hydrogen-bond donors (Lipinski definition) is 0. The minimum atomic E-state index is -1.11. The molecule has 0 saturated heterocycles. The molecule has 0 heterocycles. The van der Waals surface area contributed by atoms with Crippen molar-refractivity contribution in [2.75, 3.05) is 7.11 Å². The largest absolute Gasteiger partial charge is 0.496 e. The van der Waals surface area contributed by atoms with Gasteiger partial charge in [-0.05, 0) is 28.7 Å². The van der Waals surface area contributed by atoms with Gasteiger partial charge in [0.05, 0.1) is 7.11 Å². The number of ether oxygens (including phenoxy) is 1. The van der Waals surface area contributed by atoms with Crippen LogP contribution >= 0.6 is 0 Å². The van der Waals surface area contributed by atoms with Crippen molar-refractivity contribution >= 4 is 8.07 Å². The molecule has 0 radical (unpaired) electrons. The molecule has 0 amide bonds. The fourth-order valence-corrected chi connectivity index (χ4v) is 3.37. The lowest BCUT2D eigenvalue weighted by Crippen LogP contribution is -2.24. The van der Waals surface area contributed by atoms with Crippen LogP contribution in [0.15, 0.2) is 18.2 Å². The van der Waals surface area contributed by atoms with Crippen molar-refractivity contribution in [1.29, 1.82) is 0 Å². The highest BCUT2D eigenvalue weighted by Crippen LogP contribution is 2.29. The van der Waals surface area contributed by atoms with Gasteiger partial charge in [-0.1, -0.05) is 52.5 Å². The number of methoxy groups -OCH3 is 1. The fourth-order valence-electron chi connectivity index (χ4n) is 1.95. The summed E-state index contributed by atoms with van der Waals surface area (Å²) in [5.41, 5.74) is 2.98. The Hall–Kier alpha value is -0.763. The van der Waals surface area contributed by atoms with Crippen LogP contribution in [0, 0.1) is 0 Å². The molecule has 0 aliphatic carbocycles. The van der Waals surface area contributed by atoms with Gasteiger partial charge in [-0.15, -0.1) is 0 Å². The maximum absolute atomic E-state index is 5.48. The van der Waals surface area contributed by atoms with Gasteiger partial charge in [-0.25, -0.2) is 0 Å². The predicted octanol–water partition coefficient (Wildman–Crippen LogP) is 4.41. The van der Waals surface area contributed by atoms with Crippen LogP contribution in [-0.4, -0.2) is 15.2 Å². The van der Waals surface area contributed by atoms with E-state index >= 15 is 0 Å². The van der Waals surface area contributed by atoms with Crippen molar-refractivity contribution in [2.45, 2.75) is 51.9 Å². The van der Waals surface area contributed by atoms with Crippen molar-refractivity contribution in [3.63, 3.8) is 0 Å².